The maximum atomic E-state index is 12.2. The first-order valence-electron chi connectivity index (χ1n) is 4.96. The minimum atomic E-state index is -1.55. The van der Waals surface area contributed by atoms with Crippen molar-refractivity contribution in [3.63, 3.8) is 0 Å². The van der Waals surface area contributed by atoms with E-state index in [1.807, 2.05) is 0 Å². The molecule has 1 aromatic heterocycles. The lowest BCUT2D eigenvalue weighted by molar-refractivity contribution is 0.100. The molecule has 1 atom stereocenters. The van der Waals surface area contributed by atoms with Crippen LogP contribution >= 0.6 is 11.3 Å². The Kier molecular flexibility index (Phi) is 3.85. The van der Waals surface area contributed by atoms with Gasteiger partial charge >= 0.3 is 5.91 Å². The Morgan fingerprint density at radius 3 is 2.78 bits per heavy atom. The standard InChI is InChI=1S/C11H10N2O3S2/c1-18(16)13(11-12-6-7-17-11)10(15)8-4-2-3-5-9(8)14/h2-7,14H,1H3. The van der Waals surface area contributed by atoms with Gasteiger partial charge in [0.25, 0.3) is 0 Å². The topological polar surface area (TPSA) is 76.5 Å². The number of phenolic OH excluding ortho intramolecular Hbond substituents is 1. The van der Waals surface area contributed by atoms with Crippen LogP contribution in [0.25, 0.3) is 0 Å². The largest absolute Gasteiger partial charge is 0.593 e. The van der Waals surface area contributed by atoms with E-state index in [0.29, 0.717) is 5.13 Å². The van der Waals surface area contributed by atoms with Crippen LogP contribution in [-0.2, 0) is 11.4 Å². The summed E-state index contributed by atoms with van der Waals surface area (Å²) in [5.74, 6) is -0.682. The fourth-order valence-corrected chi connectivity index (χ4v) is 2.98. The van der Waals surface area contributed by atoms with Crippen LogP contribution in [0.2, 0.25) is 0 Å². The van der Waals surface area contributed by atoms with E-state index in [9.17, 15) is 14.5 Å². The molecule has 0 aliphatic rings. The van der Waals surface area contributed by atoms with Crippen LogP contribution in [0.1, 0.15) is 10.4 Å². The second-order valence-corrected chi connectivity index (χ2v) is 5.44. The summed E-state index contributed by atoms with van der Waals surface area (Å²) in [4.78, 5) is 16.2. The van der Waals surface area contributed by atoms with E-state index < -0.39 is 17.3 Å². The van der Waals surface area contributed by atoms with Gasteiger partial charge in [-0.1, -0.05) is 16.4 Å². The minimum absolute atomic E-state index is 0.0999. The van der Waals surface area contributed by atoms with Gasteiger partial charge in [-0.3, -0.25) is 4.79 Å². The van der Waals surface area contributed by atoms with Gasteiger partial charge in [0.2, 0.25) is 5.13 Å². The van der Waals surface area contributed by atoms with Crippen molar-refractivity contribution >= 4 is 33.7 Å². The molecule has 5 nitrogen and oxygen atoms in total. The highest BCUT2D eigenvalue weighted by Crippen LogP contribution is 2.25. The van der Waals surface area contributed by atoms with Crippen molar-refractivity contribution in [1.82, 2.24) is 4.98 Å². The molecule has 0 aliphatic heterocycles. The van der Waals surface area contributed by atoms with Crippen LogP contribution in [0.5, 0.6) is 5.75 Å². The first-order valence-corrected chi connectivity index (χ1v) is 7.36. The molecule has 2 rings (SSSR count). The zero-order valence-electron chi connectivity index (χ0n) is 9.44. The SMILES string of the molecule is C[S+]([O-])N(C(=O)c1ccccc1O)c1nccs1. The first-order chi connectivity index (χ1) is 8.61. The number of hydrogen-bond donors (Lipinski definition) is 1. The molecule has 0 saturated heterocycles. The maximum Gasteiger partial charge on any atom is 0.306 e. The fraction of sp³-hybridized carbons (Fsp3) is 0.0909. The lowest BCUT2D eigenvalue weighted by Gasteiger charge is -2.19. The molecular formula is C11H10N2O3S2. The molecular weight excluding hydrogens is 272 g/mol. The van der Waals surface area contributed by atoms with Gasteiger partial charge in [-0.25, -0.2) is 4.98 Å². The van der Waals surface area contributed by atoms with E-state index >= 15 is 0 Å². The summed E-state index contributed by atoms with van der Waals surface area (Å²) < 4.78 is 12.7. The monoisotopic (exact) mass is 282 g/mol. The molecule has 18 heavy (non-hydrogen) atoms. The molecule has 94 valence electrons. The molecule has 1 N–H and O–H groups in total. The van der Waals surface area contributed by atoms with Crippen LogP contribution in [0.3, 0.4) is 0 Å². The number of anilines is 1. The smallest absolute Gasteiger partial charge is 0.306 e. The third-order valence-corrected chi connectivity index (χ3v) is 3.89. The molecule has 0 aliphatic carbocycles. The molecule has 1 amide bonds. The summed E-state index contributed by atoms with van der Waals surface area (Å²) in [7, 11) is 0. The predicted molar refractivity (Wildman–Crippen MR) is 71.1 cm³/mol. The first kappa shape index (κ1) is 12.9. The zero-order valence-corrected chi connectivity index (χ0v) is 11.1. The van der Waals surface area contributed by atoms with E-state index in [-0.39, 0.29) is 11.3 Å². The third-order valence-electron chi connectivity index (χ3n) is 2.17. The van der Waals surface area contributed by atoms with Crippen molar-refractivity contribution in [2.45, 2.75) is 0 Å². The van der Waals surface area contributed by atoms with Crippen molar-refractivity contribution in [1.29, 1.82) is 0 Å². The van der Waals surface area contributed by atoms with E-state index in [0.717, 1.165) is 4.31 Å². The normalized spacial score (nSPS) is 12.1. The number of thiazole rings is 1. The van der Waals surface area contributed by atoms with Gasteiger partial charge in [-0.15, -0.1) is 11.3 Å². The number of rotatable bonds is 3. The molecule has 1 unspecified atom stereocenters. The lowest BCUT2D eigenvalue weighted by Crippen LogP contribution is -2.36. The van der Waals surface area contributed by atoms with Crippen LogP contribution in [0.4, 0.5) is 5.13 Å². The average Bonchev–Trinajstić information content (AvgIpc) is 2.82. The van der Waals surface area contributed by atoms with Gasteiger partial charge in [0.1, 0.15) is 12.0 Å². The lowest BCUT2D eigenvalue weighted by atomic mass is 10.2. The number of benzene rings is 1. The number of aromatic nitrogens is 1. The molecule has 1 heterocycles. The van der Waals surface area contributed by atoms with Crippen LogP contribution < -0.4 is 4.31 Å². The molecule has 0 spiro atoms. The van der Waals surface area contributed by atoms with Crippen molar-refractivity contribution in [2.75, 3.05) is 10.6 Å². The number of para-hydroxylation sites is 1. The van der Waals surface area contributed by atoms with Gasteiger partial charge in [0.05, 0.1) is 16.9 Å². The zero-order chi connectivity index (χ0) is 13.1. The summed E-state index contributed by atoms with van der Waals surface area (Å²) >= 11 is -0.343. The van der Waals surface area contributed by atoms with Gasteiger partial charge in [-0.05, 0) is 12.1 Å². The number of nitrogens with zero attached hydrogens (tertiary/aromatic N) is 2. The summed E-state index contributed by atoms with van der Waals surface area (Å²) in [6, 6.07) is 6.13. The quantitative estimate of drug-likeness (QED) is 0.871. The summed E-state index contributed by atoms with van der Waals surface area (Å²) in [6.07, 6.45) is 2.91. The Labute approximate surface area is 111 Å². The second-order valence-electron chi connectivity index (χ2n) is 3.36. The number of amides is 1. The summed E-state index contributed by atoms with van der Waals surface area (Å²) in [5.41, 5.74) is 0.0999. The van der Waals surface area contributed by atoms with Crippen molar-refractivity contribution in [3.8, 4) is 5.75 Å². The number of carbonyl (C=O) groups is 1. The highest BCUT2D eigenvalue weighted by molar-refractivity contribution is 7.93. The van der Waals surface area contributed by atoms with E-state index in [1.54, 1.807) is 17.5 Å². The van der Waals surface area contributed by atoms with Crippen LogP contribution in [0.15, 0.2) is 35.8 Å². The number of hydrogen-bond acceptors (Lipinski definition) is 5. The van der Waals surface area contributed by atoms with Gasteiger partial charge < -0.3 is 9.66 Å². The molecule has 2 aromatic rings. The van der Waals surface area contributed by atoms with Crippen molar-refractivity contribution < 1.29 is 14.5 Å². The van der Waals surface area contributed by atoms with E-state index in [4.69, 9.17) is 0 Å². The number of phenols is 1. The van der Waals surface area contributed by atoms with Gasteiger partial charge in [-0.2, -0.15) is 0 Å². The van der Waals surface area contributed by atoms with Gasteiger partial charge in [0, 0.05) is 11.6 Å². The Bertz CT molecular complexity index is 543. The number of aromatic hydroxyl groups is 1. The Morgan fingerprint density at radius 2 is 2.22 bits per heavy atom. The Balaban J connectivity index is 2.39. The molecule has 1 aromatic carbocycles. The molecule has 7 heteroatoms. The summed E-state index contributed by atoms with van der Waals surface area (Å²) in [5, 5.41) is 11.7. The van der Waals surface area contributed by atoms with Crippen molar-refractivity contribution in [3.05, 3.63) is 41.4 Å². The Hall–Kier alpha value is -1.57. The van der Waals surface area contributed by atoms with Crippen LogP contribution in [-0.4, -0.2) is 26.8 Å². The molecule has 0 fully saturated rings. The van der Waals surface area contributed by atoms with Gasteiger partial charge in [0.15, 0.2) is 0 Å². The predicted octanol–water partition coefficient (Wildman–Crippen LogP) is 1.79. The highest BCUT2D eigenvalue weighted by Gasteiger charge is 2.29. The molecule has 0 bridgehead atoms. The second kappa shape index (κ2) is 5.38. The summed E-state index contributed by atoms with van der Waals surface area (Å²) in [6.45, 7) is 0. The Morgan fingerprint density at radius 1 is 1.50 bits per heavy atom. The van der Waals surface area contributed by atoms with E-state index in [1.165, 1.54) is 35.9 Å². The third kappa shape index (κ3) is 2.47. The fourth-order valence-electron chi connectivity index (χ4n) is 1.39. The highest BCUT2D eigenvalue weighted by atomic mass is 32.2. The van der Waals surface area contributed by atoms with E-state index in [2.05, 4.69) is 4.98 Å². The maximum absolute atomic E-state index is 12.2. The number of carbonyl (C=O) groups excluding carboxylic acids is 1. The molecule has 0 radical (unpaired) electrons. The minimum Gasteiger partial charge on any atom is -0.593 e. The van der Waals surface area contributed by atoms with Crippen LogP contribution in [0, 0.1) is 0 Å². The average molecular weight is 282 g/mol. The van der Waals surface area contributed by atoms with Crippen molar-refractivity contribution in [2.24, 2.45) is 0 Å². The molecule has 0 saturated carbocycles.